The highest BCUT2D eigenvalue weighted by atomic mass is 19.4. The number of nitrogens with zero attached hydrogens (tertiary/aromatic N) is 4. The highest BCUT2D eigenvalue weighted by Crippen LogP contribution is 2.23. The van der Waals surface area contributed by atoms with Gasteiger partial charge in [0, 0.05) is 63.2 Å². The molecule has 2 N–H and O–H groups in total. The van der Waals surface area contributed by atoms with Crippen molar-refractivity contribution in [2.45, 2.75) is 19.1 Å². The monoisotopic (exact) mass is 457 g/mol. The van der Waals surface area contributed by atoms with Gasteiger partial charge in [-0.15, -0.1) is 0 Å². The molecule has 2 saturated heterocycles. The molecule has 3 rings (SSSR count). The van der Waals surface area contributed by atoms with Gasteiger partial charge < -0.3 is 25.1 Å². The first-order chi connectivity index (χ1) is 15.0. The van der Waals surface area contributed by atoms with E-state index in [1.165, 1.54) is 0 Å². The van der Waals surface area contributed by atoms with E-state index in [1.807, 2.05) is 11.8 Å². The molecule has 2 heterocycles. The Morgan fingerprint density at radius 2 is 1.66 bits per heavy atom. The predicted molar refractivity (Wildman–Crippen MR) is 111 cm³/mol. The summed E-state index contributed by atoms with van der Waals surface area (Å²) in [5, 5.41) is 11.7. The van der Waals surface area contributed by atoms with Crippen LogP contribution in [0.5, 0.6) is 0 Å². The van der Waals surface area contributed by atoms with Crippen LogP contribution < -0.4 is 10.2 Å². The van der Waals surface area contributed by atoms with Gasteiger partial charge in [0.2, 0.25) is 0 Å². The van der Waals surface area contributed by atoms with E-state index >= 15 is 0 Å². The summed E-state index contributed by atoms with van der Waals surface area (Å²) in [6, 6.07) is 6.55. The number of amides is 3. The van der Waals surface area contributed by atoms with Crippen LogP contribution in [0.3, 0.4) is 0 Å². The Morgan fingerprint density at radius 3 is 2.19 bits per heavy atom. The van der Waals surface area contributed by atoms with Crippen molar-refractivity contribution in [1.29, 1.82) is 0 Å². The zero-order valence-electron chi connectivity index (χ0n) is 17.6. The fourth-order valence-electron chi connectivity index (χ4n) is 3.97. The molecule has 9 nitrogen and oxygen atoms in total. The Balaban J connectivity index is 1.50. The Labute approximate surface area is 183 Å². The summed E-state index contributed by atoms with van der Waals surface area (Å²) in [6.45, 7) is 3.72. The van der Waals surface area contributed by atoms with Crippen molar-refractivity contribution in [1.82, 2.24) is 14.7 Å². The van der Waals surface area contributed by atoms with Crippen LogP contribution in [0.25, 0.3) is 0 Å². The van der Waals surface area contributed by atoms with E-state index in [2.05, 4.69) is 5.32 Å². The summed E-state index contributed by atoms with van der Waals surface area (Å²) in [5.74, 6) is -2.71. The third-order valence-corrected chi connectivity index (χ3v) is 5.62. The van der Waals surface area contributed by atoms with Crippen LogP contribution in [-0.2, 0) is 9.59 Å². The maximum atomic E-state index is 12.6. The standard InChI is InChI=1S/C20H26F3N5O4/c1-14-12-25(13-17(29)30)6-11-28(14)19(32)24-15-2-4-16(5-3-15)26-7-9-27(10-8-26)18(31)20(21,22)23/h2-5,14H,6-13H2,1H3,(H,24,32)(H,29,30). The summed E-state index contributed by atoms with van der Waals surface area (Å²) in [5.41, 5.74) is 1.36. The average Bonchev–Trinajstić information content (AvgIpc) is 2.73. The zero-order chi connectivity index (χ0) is 23.5. The van der Waals surface area contributed by atoms with E-state index < -0.39 is 18.1 Å². The van der Waals surface area contributed by atoms with Gasteiger partial charge in [-0.2, -0.15) is 13.2 Å². The summed E-state index contributed by atoms with van der Waals surface area (Å²) in [7, 11) is 0. The molecule has 176 valence electrons. The van der Waals surface area contributed by atoms with E-state index in [9.17, 15) is 27.6 Å². The van der Waals surface area contributed by atoms with Crippen molar-refractivity contribution >= 4 is 29.3 Å². The number of aliphatic carboxylic acids is 1. The molecular weight excluding hydrogens is 431 g/mol. The number of hydrogen-bond donors (Lipinski definition) is 2. The van der Waals surface area contributed by atoms with Crippen LogP contribution in [0.2, 0.25) is 0 Å². The highest BCUT2D eigenvalue weighted by molar-refractivity contribution is 5.90. The van der Waals surface area contributed by atoms with Crippen molar-refractivity contribution in [3.05, 3.63) is 24.3 Å². The summed E-state index contributed by atoms with van der Waals surface area (Å²) in [6.07, 6.45) is -4.86. The van der Waals surface area contributed by atoms with Crippen LogP contribution in [0.15, 0.2) is 24.3 Å². The summed E-state index contributed by atoms with van der Waals surface area (Å²) >= 11 is 0. The first kappa shape index (κ1) is 23.6. The van der Waals surface area contributed by atoms with Crippen molar-refractivity contribution in [3.8, 4) is 0 Å². The lowest BCUT2D eigenvalue weighted by Gasteiger charge is -2.39. The van der Waals surface area contributed by atoms with Gasteiger partial charge in [-0.05, 0) is 31.2 Å². The molecule has 0 aromatic heterocycles. The van der Waals surface area contributed by atoms with E-state index in [4.69, 9.17) is 5.11 Å². The molecule has 0 saturated carbocycles. The first-order valence-corrected chi connectivity index (χ1v) is 10.3. The summed E-state index contributed by atoms with van der Waals surface area (Å²) in [4.78, 5) is 40.9. The molecule has 1 aromatic carbocycles. The number of nitrogens with one attached hydrogen (secondary N) is 1. The second kappa shape index (κ2) is 9.63. The minimum atomic E-state index is -4.86. The molecule has 32 heavy (non-hydrogen) atoms. The Kier molecular flexibility index (Phi) is 7.12. The third kappa shape index (κ3) is 5.81. The fourth-order valence-corrected chi connectivity index (χ4v) is 3.97. The number of rotatable bonds is 4. The van der Waals surface area contributed by atoms with Crippen LogP contribution in [0.1, 0.15) is 6.92 Å². The Morgan fingerprint density at radius 1 is 1.03 bits per heavy atom. The molecule has 1 unspecified atom stereocenters. The molecule has 0 spiro atoms. The molecule has 3 amide bonds. The maximum Gasteiger partial charge on any atom is 0.471 e. The van der Waals surface area contributed by atoms with Crippen LogP contribution >= 0.6 is 0 Å². The quantitative estimate of drug-likeness (QED) is 0.712. The van der Waals surface area contributed by atoms with Gasteiger partial charge >= 0.3 is 24.1 Å². The number of carboxylic acids is 1. The molecule has 1 atom stereocenters. The lowest BCUT2D eigenvalue weighted by Crippen LogP contribution is -2.55. The van der Waals surface area contributed by atoms with Gasteiger partial charge in [0.1, 0.15) is 0 Å². The van der Waals surface area contributed by atoms with Crippen molar-refractivity contribution in [2.75, 3.05) is 62.6 Å². The molecule has 0 aliphatic carbocycles. The minimum absolute atomic E-state index is 0.0113. The van der Waals surface area contributed by atoms with E-state index in [1.54, 1.807) is 34.1 Å². The smallest absolute Gasteiger partial charge is 0.471 e. The lowest BCUT2D eigenvalue weighted by atomic mass is 10.2. The van der Waals surface area contributed by atoms with E-state index in [0.717, 1.165) is 10.6 Å². The van der Waals surface area contributed by atoms with Crippen molar-refractivity contribution in [2.24, 2.45) is 0 Å². The SMILES string of the molecule is CC1CN(CC(=O)O)CCN1C(=O)Nc1ccc(N2CCN(C(=O)C(F)(F)F)CC2)cc1. The normalized spacial score (nSPS) is 20.2. The van der Waals surface area contributed by atoms with Gasteiger partial charge in [0.15, 0.2) is 0 Å². The number of benzene rings is 1. The van der Waals surface area contributed by atoms with Crippen LogP contribution in [0.4, 0.5) is 29.3 Å². The molecule has 0 radical (unpaired) electrons. The van der Waals surface area contributed by atoms with Crippen molar-refractivity contribution < 1.29 is 32.7 Å². The second-order valence-electron chi connectivity index (χ2n) is 7.93. The number of urea groups is 1. The Hall–Kier alpha value is -3.02. The molecule has 2 aliphatic heterocycles. The molecule has 2 fully saturated rings. The van der Waals surface area contributed by atoms with Crippen LogP contribution in [0, 0.1) is 0 Å². The number of hydrogen-bond acceptors (Lipinski definition) is 5. The Bertz CT molecular complexity index is 841. The van der Waals surface area contributed by atoms with Crippen molar-refractivity contribution in [3.63, 3.8) is 0 Å². The minimum Gasteiger partial charge on any atom is -0.480 e. The van der Waals surface area contributed by atoms with Gasteiger partial charge in [-0.25, -0.2) is 4.79 Å². The van der Waals surface area contributed by atoms with Gasteiger partial charge in [-0.3, -0.25) is 14.5 Å². The maximum absolute atomic E-state index is 12.6. The largest absolute Gasteiger partial charge is 0.480 e. The van der Waals surface area contributed by atoms with E-state index in [-0.39, 0.29) is 44.8 Å². The number of carboxylic acid groups (broad SMARTS) is 1. The number of anilines is 2. The lowest BCUT2D eigenvalue weighted by molar-refractivity contribution is -0.185. The molecule has 2 aliphatic rings. The van der Waals surface area contributed by atoms with Crippen LogP contribution in [-0.4, -0.2) is 102 Å². The topological polar surface area (TPSA) is 96.4 Å². The number of alkyl halides is 3. The first-order valence-electron chi connectivity index (χ1n) is 10.3. The number of carbonyl (C=O) groups is 3. The van der Waals surface area contributed by atoms with Gasteiger partial charge in [-0.1, -0.05) is 0 Å². The average molecular weight is 457 g/mol. The molecule has 1 aromatic rings. The zero-order valence-corrected chi connectivity index (χ0v) is 17.6. The molecule has 12 heteroatoms. The predicted octanol–water partition coefficient (Wildman–Crippen LogP) is 1.52. The highest BCUT2D eigenvalue weighted by Gasteiger charge is 2.43. The number of halogens is 3. The number of carbonyl (C=O) groups excluding carboxylic acids is 2. The van der Waals surface area contributed by atoms with E-state index in [0.29, 0.717) is 25.3 Å². The van der Waals surface area contributed by atoms with Gasteiger partial charge in [0.25, 0.3) is 0 Å². The number of piperazine rings is 2. The molecule has 0 bridgehead atoms. The second-order valence-corrected chi connectivity index (χ2v) is 7.93. The third-order valence-electron chi connectivity index (χ3n) is 5.62. The molecular formula is C20H26F3N5O4. The summed E-state index contributed by atoms with van der Waals surface area (Å²) < 4.78 is 37.7. The van der Waals surface area contributed by atoms with Gasteiger partial charge in [0.05, 0.1) is 6.54 Å². The fraction of sp³-hybridized carbons (Fsp3) is 0.550.